The molecule has 23 heavy (non-hydrogen) atoms. The van der Waals surface area contributed by atoms with Crippen molar-refractivity contribution in [3.05, 3.63) is 29.3 Å². The smallest absolute Gasteiger partial charge is 0.382 e. The highest BCUT2D eigenvalue weighted by atomic mass is 19.4. The maximum absolute atomic E-state index is 13.0. The van der Waals surface area contributed by atoms with Crippen molar-refractivity contribution in [3.63, 3.8) is 0 Å². The second-order valence-electron chi connectivity index (χ2n) is 5.51. The third-order valence-corrected chi connectivity index (χ3v) is 3.87. The van der Waals surface area contributed by atoms with Gasteiger partial charge in [0.15, 0.2) is 0 Å². The molecule has 2 rings (SSSR count). The average Bonchev–Trinajstić information content (AvgIpc) is 2.99. The fraction of sp³-hybridized carbons (Fsp3) is 0.562. The van der Waals surface area contributed by atoms with Gasteiger partial charge in [-0.1, -0.05) is 0 Å². The molecule has 7 heteroatoms. The van der Waals surface area contributed by atoms with Gasteiger partial charge >= 0.3 is 6.18 Å². The number of ether oxygens (including phenoxy) is 2. The molecule has 126 valence electrons. The van der Waals surface area contributed by atoms with E-state index in [1.165, 1.54) is 6.07 Å². The lowest BCUT2D eigenvalue weighted by Gasteiger charge is -2.20. The number of hydrogen-bond acceptors (Lipinski definition) is 4. The minimum Gasteiger partial charge on any atom is -0.382 e. The first-order chi connectivity index (χ1) is 11.0. The lowest BCUT2D eigenvalue weighted by atomic mass is 10.1. The van der Waals surface area contributed by atoms with Crippen molar-refractivity contribution in [1.82, 2.24) is 0 Å². The summed E-state index contributed by atoms with van der Waals surface area (Å²) in [6, 6.07) is 5.47. The first kappa shape index (κ1) is 17.6. The van der Waals surface area contributed by atoms with Gasteiger partial charge in [-0.05, 0) is 24.6 Å². The third kappa shape index (κ3) is 4.60. The van der Waals surface area contributed by atoms with E-state index in [1.54, 1.807) is 19.2 Å². The van der Waals surface area contributed by atoms with Gasteiger partial charge in [-0.2, -0.15) is 18.4 Å². The van der Waals surface area contributed by atoms with E-state index in [0.717, 1.165) is 12.5 Å². The van der Waals surface area contributed by atoms with Crippen molar-refractivity contribution < 1.29 is 22.6 Å². The van der Waals surface area contributed by atoms with Gasteiger partial charge in [-0.15, -0.1) is 0 Å². The Labute approximate surface area is 133 Å². The number of anilines is 1. The molecule has 0 amide bonds. The number of nitrogens with zero attached hydrogens (tertiary/aromatic N) is 2. The second-order valence-corrected chi connectivity index (χ2v) is 5.51. The summed E-state index contributed by atoms with van der Waals surface area (Å²) in [5.74, 6) is 0.289. The van der Waals surface area contributed by atoms with Crippen LogP contribution in [0.3, 0.4) is 0 Å². The van der Waals surface area contributed by atoms with Crippen molar-refractivity contribution in [2.45, 2.75) is 12.6 Å². The third-order valence-electron chi connectivity index (χ3n) is 3.87. The van der Waals surface area contributed by atoms with E-state index in [0.29, 0.717) is 38.6 Å². The minimum atomic E-state index is -4.52. The van der Waals surface area contributed by atoms with Crippen molar-refractivity contribution >= 4 is 5.69 Å². The predicted octanol–water partition coefficient (Wildman–Crippen LogP) is 3.07. The lowest BCUT2D eigenvalue weighted by molar-refractivity contribution is -0.137. The Balaban J connectivity index is 2.02. The van der Waals surface area contributed by atoms with Crippen LogP contribution in [0.5, 0.6) is 0 Å². The molecule has 0 aromatic heterocycles. The highest BCUT2D eigenvalue weighted by Gasteiger charge is 2.34. The van der Waals surface area contributed by atoms with Crippen LogP contribution in [0.25, 0.3) is 0 Å². The average molecular weight is 328 g/mol. The predicted molar refractivity (Wildman–Crippen MR) is 79.2 cm³/mol. The number of rotatable bonds is 6. The molecule has 1 heterocycles. The molecule has 1 aliphatic heterocycles. The largest absolute Gasteiger partial charge is 0.417 e. The Morgan fingerprint density at radius 3 is 2.78 bits per heavy atom. The van der Waals surface area contributed by atoms with E-state index in [2.05, 4.69) is 0 Å². The quantitative estimate of drug-likeness (QED) is 0.753. The van der Waals surface area contributed by atoms with Crippen molar-refractivity contribution in [2.24, 2.45) is 5.92 Å². The van der Waals surface area contributed by atoms with Gasteiger partial charge in [0.2, 0.25) is 0 Å². The van der Waals surface area contributed by atoms with E-state index in [-0.39, 0.29) is 11.5 Å². The molecular formula is C16H19F3N2O2. The maximum atomic E-state index is 13.0. The van der Waals surface area contributed by atoms with Crippen LogP contribution < -0.4 is 4.90 Å². The first-order valence-electron chi connectivity index (χ1n) is 7.38. The molecule has 1 aromatic carbocycles. The van der Waals surface area contributed by atoms with E-state index < -0.39 is 11.7 Å². The van der Waals surface area contributed by atoms with Gasteiger partial charge in [0.1, 0.15) is 0 Å². The summed E-state index contributed by atoms with van der Waals surface area (Å²) in [6.45, 7) is 2.95. The van der Waals surface area contributed by atoms with Crippen LogP contribution in [-0.2, 0) is 15.7 Å². The zero-order valence-corrected chi connectivity index (χ0v) is 12.9. The Kier molecular flexibility index (Phi) is 5.85. The van der Waals surface area contributed by atoms with E-state index in [1.807, 2.05) is 4.90 Å². The van der Waals surface area contributed by atoms with Gasteiger partial charge in [0, 0.05) is 31.8 Å². The summed E-state index contributed by atoms with van der Waals surface area (Å²) in [6.07, 6.45) is -3.65. The van der Waals surface area contributed by atoms with Crippen LogP contribution in [0.15, 0.2) is 18.2 Å². The molecule has 4 nitrogen and oxygen atoms in total. The molecule has 0 radical (unpaired) electrons. The Hall–Kier alpha value is -1.78. The molecule has 0 aliphatic carbocycles. The SMILES string of the molecule is COCCOC[C@@H]1CCN(c2ccc(C#N)c(C(F)(F)F)c2)C1. The second kappa shape index (κ2) is 7.66. The van der Waals surface area contributed by atoms with Crippen molar-refractivity contribution in [3.8, 4) is 6.07 Å². The Bertz CT molecular complexity index is 569. The van der Waals surface area contributed by atoms with Crippen LogP contribution in [0.4, 0.5) is 18.9 Å². The van der Waals surface area contributed by atoms with E-state index >= 15 is 0 Å². The highest BCUT2D eigenvalue weighted by Crippen LogP contribution is 2.35. The van der Waals surface area contributed by atoms with Gasteiger partial charge in [0.25, 0.3) is 0 Å². The van der Waals surface area contributed by atoms with Gasteiger partial charge < -0.3 is 14.4 Å². The number of halogens is 3. The summed E-state index contributed by atoms with van der Waals surface area (Å²) in [7, 11) is 1.60. The highest BCUT2D eigenvalue weighted by molar-refractivity contribution is 5.55. The summed E-state index contributed by atoms with van der Waals surface area (Å²) >= 11 is 0. The van der Waals surface area contributed by atoms with Crippen molar-refractivity contribution in [1.29, 1.82) is 5.26 Å². The summed E-state index contributed by atoms with van der Waals surface area (Å²) in [4.78, 5) is 1.90. The summed E-state index contributed by atoms with van der Waals surface area (Å²) in [5, 5.41) is 8.83. The number of alkyl halides is 3. The molecule has 0 unspecified atom stereocenters. The minimum absolute atomic E-state index is 0.289. The van der Waals surface area contributed by atoms with Crippen LogP contribution in [-0.4, -0.2) is 40.0 Å². The number of nitriles is 1. The molecule has 0 bridgehead atoms. The van der Waals surface area contributed by atoms with Gasteiger partial charge in [-0.3, -0.25) is 0 Å². The van der Waals surface area contributed by atoms with Crippen molar-refractivity contribution in [2.75, 3.05) is 44.9 Å². The Morgan fingerprint density at radius 2 is 2.13 bits per heavy atom. The molecule has 0 spiro atoms. The Morgan fingerprint density at radius 1 is 1.35 bits per heavy atom. The molecule has 1 atom stereocenters. The first-order valence-corrected chi connectivity index (χ1v) is 7.38. The normalized spacial score (nSPS) is 18.2. The number of hydrogen-bond donors (Lipinski definition) is 0. The number of benzene rings is 1. The fourth-order valence-corrected chi connectivity index (χ4v) is 2.66. The van der Waals surface area contributed by atoms with Crippen LogP contribution in [0, 0.1) is 17.2 Å². The topological polar surface area (TPSA) is 45.5 Å². The molecule has 1 aliphatic rings. The lowest BCUT2D eigenvalue weighted by Crippen LogP contribution is -2.22. The van der Waals surface area contributed by atoms with Crippen LogP contribution >= 0.6 is 0 Å². The molecule has 1 fully saturated rings. The summed E-state index contributed by atoms with van der Waals surface area (Å²) in [5.41, 5.74) is -0.729. The molecular weight excluding hydrogens is 309 g/mol. The molecule has 1 aromatic rings. The van der Waals surface area contributed by atoms with Gasteiger partial charge in [0.05, 0.1) is 37.0 Å². The van der Waals surface area contributed by atoms with Gasteiger partial charge in [-0.25, -0.2) is 0 Å². The van der Waals surface area contributed by atoms with E-state index in [4.69, 9.17) is 14.7 Å². The zero-order valence-electron chi connectivity index (χ0n) is 12.9. The maximum Gasteiger partial charge on any atom is 0.417 e. The molecule has 0 N–H and O–H groups in total. The fourth-order valence-electron chi connectivity index (χ4n) is 2.66. The van der Waals surface area contributed by atoms with Crippen LogP contribution in [0.2, 0.25) is 0 Å². The molecule has 0 saturated carbocycles. The summed E-state index contributed by atoms with van der Waals surface area (Å²) < 4.78 is 49.4. The van der Waals surface area contributed by atoms with Crippen LogP contribution in [0.1, 0.15) is 17.5 Å². The molecule has 1 saturated heterocycles. The van der Waals surface area contributed by atoms with E-state index in [9.17, 15) is 13.2 Å². The standard InChI is InChI=1S/C16H19F3N2O2/c1-22-6-7-23-11-12-4-5-21(10-12)14-3-2-13(9-20)15(8-14)16(17,18)19/h2-3,8,12H,4-7,10-11H2,1H3/t12-/m1/s1. The zero-order chi connectivity index (χ0) is 16.9. The number of methoxy groups -OCH3 is 1. The monoisotopic (exact) mass is 328 g/mol.